The lowest BCUT2D eigenvalue weighted by Crippen LogP contribution is -2.48. The summed E-state index contributed by atoms with van der Waals surface area (Å²) in [5.74, 6) is -1.39. The van der Waals surface area contributed by atoms with E-state index in [2.05, 4.69) is 22.2 Å². The summed E-state index contributed by atoms with van der Waals surface area (Å²) < 4.78 is 53.2. The number of benzene rings is 3. The Morgan fingerprint density at radius 2 is 1.68 bits per heavy atom. The number of halogens is 4. The van der Waals surface area contributed by atoms with Crippen molar-refractivity contribution in [2.24, 2.45) is 0 Å². The van der Waals surface area contributed by atoms with Crippen molar-refractivity contribution < 1.29 is 22.4 Å². The van der Waals surface area contributed by atoms with Gasteiger partial charge in [-0.1, -0.05) is 24.3 Å². The van der Waals surface area contributed by atoms with Crippen molar-refractivity contribution in [1.29, 1.82) is 0 Å². The molecule has 0 radical (unpaired) electrons. The molecule has 4 rings (SSSR count). The molecule has 0 aromatic heterocycles. The minimum absolute atomic E-state index is 0.139. The minimum Gasteiger partial charge on any atom is -0.399 e. The number of nitrogens with two attached hydrogens (primary N) is 1. The second-order valence-electron chi connectivity index (χ2n) is 9.09. The van der Waals surface area contributed by atoms with Gasteiger partial charge in [0.2, 0.25) is 0 Å². The van der Waals surface area contributed by atoms with Crippen LogP contribution in [0.15, 0.2) is 66.7 Å². The van der Waals surface area contributed by atoms with Crippen LogP contribution in [0.4, 0.5) is 39.4 Å². The van der Waals surface area contributed by atoms with Crippen molar-refractivity contribution in [1.82, 2.24) is 9.80 Å². The number of likely N-dealkylation sites (N-methyl/N-ethyl adjacent to an activating group) is 1. The summed E-state index contributed by atoms with van der Waals surface area (Å²) >= 11 is 0. The van der Waals surface area contributed by atoms with E-state index >= 15 is 0 Å². The van der Waals surface area contributed by atoms with Gasteiger partial charge in [-0.05, 0) is 60.6 Å². The molecule has 6 nitrogen and oxygen atoms in total. The number of nitrogens with one attached hydrogen (secondary N) is 1. The number of nitrogens with zero attached hydrogens (tertiary/aromatic N) is 3. The average Bonchev–Trinajstić information content (AvgIpc) is 2.86. The van der Waals surface area contributed by atoms with E-state index in [4.69, 9.17) is 5.73 Å². The molecule has 3 aromatic carbocycles. The van der Waals surface area contributed by atoms with Crippen LogP contribution in [0.1, 0.15) is 5.56 Å². The molecule has 0 aliphatic carbocycles. The largest absolute Gasteiger partial charge is 0.419 e. The number of hydrogen-bond acceptors (Lipinski definition) is 4. The average molecular weight is 516 g/mol. The fourth-order valence-corrected chi connectivity index (χ4v) is 4.22. The van der Waals surface area contributed by atoms with Gasteiger partial charge in [0.1, 0.15) is 5.82 Å². The molecule has 0 unspecified atom stereocenters. The zero-order chi connectivity index (χ0) is 26.6. The van der Waals surface area contributed by atoms with Gasteiger partial charge in [-0.15, -0.1) is 0 Å². The Morgan fingerprint density at radius 1 is 0.973 bits per heavy atom. The van der Waals surface area contributed by atoms with Crippen LogP contribution in [-0.4, -0.2) is 62.1 Å². The molecule has 0 atom stereocenters. The fourth-order valence-electron chi connectivity index (χ4n) is 4.22. The fraction of sp³-hybridized carbons (Fsp3) is 0.296. The Kier molecular flexibility index (Phi) is 7.99. The van der Waals surface area contributed by atoms with Gasteiger partial charge < -0.3 is 16.0 Å². The predicted octanol–water partition coefficient (Wildman–Crippen LogP) is 5.38. The lowest BCUT2D eigenvalue weighted by atomic mass is 10.0. The number of urea groups is 1. The lowest BCUT2D eigenvalue weighted by molar-refractivity contribution is -0.139. The Bertz CT molecular complexity index is 1220. The summed E-state index contributed by atoms with van der Waals surface area (Å²) in [7, 11) is 2.05. The van der Waals surface area contributed by atoms with E-state index in [1.54, 1.807) is 18.2 Å². The second kappa shape index (κ2) is 11.2. The van der Waals surface area contributed by atoms with Gasteiger partial charge in [0.25, 0.3) is 0 Å². The summed E-state index contributed by atoms with van der Waals surface area (Å²) in [4.78, 5) is 19.2. The second-order valence-corrected chi connectivity index (χ2v) is 9.09. The SMILES string of the molecule is CN1CCN(CCN(C(=O)Nc2ccc(F)c(C(F)(F)F)c2)c2ccc(-c3cccc(N)c3)cc2)CC1. The summed E-state index contributed by atoms with van der Waals surface area (Å²) in [6.45, 7) is 4.45. The molecule has 37 heavy (non-hydrogen) atoms. The van der Waals surface area contributed by atoms with Crippen molar-refractivity contribution in [3.05, 3.63) is 78.1 Å². The Labute approximate surface area is 213 Å². The molecule has 1 aliphatic heterocycles. The molecule has 1 aliphatic rings. The number of nitrogen functional groups attached to an aromatic ring is 1. The molecule has 0 spiro atoms. The van der Waals surface area contributed by atoms with Crippen LogP contribution in [0, 0.1) is 5.82 Å². The van der Waals surface area contributed by atoms with E-state index in [0.29, 0.717) is 36.6 Å². The zero-order valence-corrected chi connectivity index (χ0v) is 20.4. The Balaban J connectivity index is 1.56. The molecule has 10 heteroatoms. The summed E-state index contributed by atoms with van der Waals surface area (Å²) in [5, 5.41) is 2.51. The number of rotatable bonds is 6. The van der Waals surface area contributed by atoms with Gasteiger partial charge in [0, 0.05) is 56.3 Å². The van der Waals surface area contributed by atoms with Gasteiger partial charge in [-0.3, -0.25) is 9.80 Å². The van der Waals surface area contributed by atoms with Gasteiger partial charge in [0.05, 0.1) is 5.56 Å². The topological polar surface area (TPSA) is 64.8 Å². The standard InChI is InChI=1S/C27H29F4N5O/c1-34-11-13-35(14-12-34)15-16-36(23-8-5-19(6-9-23)20-3-2-4-21(32)17-20)26(37)33-22-7-10-25(28)24(18-22)27(29,30)31/h2-10,17-18H,11-16,32H2,1H3,(H,33,37). The monoisotopic (exact) mass is 515 g/mol. The molecule has 2 amide bonds. The van der Waals surface area contributed by atoms with Crippen LogP contribution in [0.2, 0.25) is 0 Å². The van der Waals surface area contributed by atoms with Crippen molar-refractivity contribution in [2.75, 3.05) is 62.3 Å². The summed E-state index contributed by atoms with van der Waals surface area (Å²) in [5.41, 5.74) is 7.36. The Hall–Kier alpha value is -3.63. The number of anilines is 3. The third-order valence-electron chi connectivity index (χ3n) is 6.40. The van der Waals surface area contributed by atoms with Crippen molar-refractivity contribution >= 4 is 23.1 Å². The first-order valence-electron chi connectivity index (χ1n) is 11.9. The number of alkyl halides is 3. The molecule has 0 bridgehead atoms. The maximum Gasteiger partial charge on any atom is 0.419 e. The third-order valence-corrected chi connectivity index (χ3v) is 6.40. The smallest absolute Gasteiger partial charge is 0.399 e. The van der Waals surface area contributed by atoms with Gasteiger partial charge in [-0.2, -0.15) is 13.2 Å². The van der Waals surface area contributed by atoms with Crippen LogP contribution in [0.3, 0.4) is 0 Å². The highest BCUT2D eigenvalue weighted by Gasteiger charge is 2.34. The maximum absolute atomic E-state index is 13.7. The van der Waals surface area contributed by atoms with E-state index < -0.39 is 23.6 Å². The van der Waals surface area contributed by atoms with E-state index in [0.717, 1.165) is 43.4 Å². The van der Waals surface area contributed by atoms with E-state index in [1.807, 2.05) is 30.3 Å². The zero-order valence-electron chi connectivity index (χ0n) is 20.4. The molecular weight excluding hydrogens is 486 g/mol. The maximum atomic E-state index is 13.7. The Morgan fingerprint density at radius 3 is 2.32 bits per heavy atom. The number of piperazine rings is 1. The molecular formula is C27H29F4N5O. The molecule has 196 valence electrons. The van der Waals surface area contributed by atoms with Gasteiger partial charge in [0.15, 0.2) is 0 Å². The third kappa shape index (κ3) is 6.78. The van der Waals surface area contributed by atoms with Crippen LogP contribution >= 0.6 is 0 Å². The molecule has 1 fully saturated rings. The van der Waals surface area contributed by atoms with Gasteiger partial charge >= 0.3 is 12.2 Å². The molecule has 1 saturated heterocycles. The quantitative estimate of drug-likeness (QED) is 0.342. The first-order chi connectivity index (χ1) is 17.6. The highest BCUT2D eigenvalue weighted by atomic mass is 19.4. The normalized spacial score (nSPS) is 14.9. The number of carbonyl (C=O) groups is 1. The van der Waals surface area contributed by atoms with Crippen molar-refractivity contribution in [2.45, 2.75) is 6.18 Å². The highest BCUT2D eigenvalue weighted by molar-refractivity contribution is 6.02. The van der Waals surface area contributed by atoms with Crippen LogP contribution in [0.25, 0.3) is 11.1 Å². The minimum atomic E-state index is -4.87. The van der Waals surface area contributed by atoms with Crippen molar-refractivity contribution in [3.63, 3.8) is 0 Å². The number of carbonyl (C=O) groups excluding carboxylic acids is 1. The van der Waals surface area contributed by atoms with E-state index in [-0.39, 0.29) is 5.69 Å². The highest BCUT2D eigenvalue weighted by Crippen LogP contribution is 2.33. The number of amides is 2. The first-order valence-corrected chi connectivity index (χ1v) is 11.9. The van der Waals surface area contributed by atoms with E-state index in [1.165, 1.54) is 4.90 Å². The lowest BCUT2D eigenvalue weighted by Gasteiger charge is -2.34. The molecule has 3 N–H and O–H groups in total. The van der Waals surface area contributed by atoms with E-state index in [9.17, 15) is 22.4 Å². The number of hydrogen-bond donors (Lipinski definition) is 2. The van der Waals surface area contributed by atoms with Gasteiger partial charge in [-0.25, -0.2) is 9.18 Å². The first kappa shape index (κ1) is 26.4. The summed E-state index contributed by atoms with van der Waals surface area (Å²) in [6, 6.07) is 16.5. The van der Waals surface area contributed by atoms with Crippen LogP contribution in [0.5, 0.6) is 0 Å². The predicted molar refractivity (Wildman–Crippen MR) is 138 cm³/mol. The van der Waals surface area contributed by atoms with Crippen LogP contribution < -0.4 is 16.0 Å². The summed E-state index contributed by atoms with van der Waals surface area (Å²) in [6.07, 6.45) is -4.87. The molecule has 0 saturated carbocycles. The molecule has 3 aromatic rings. The molecule has 1 heterocycles. The van der Waals surface area contributed by atoms with Crippen molar-refractivity contribution in [3.8, 4) is 11.1 Å². The van der Waals surface area contributed by atoms with Crippen LogP contribution in [-0.2, 0) is 6.18 Å².